The Morgan fingerprint density at radius 3 is 2.50 bits per heavy atom. The standard InChI is InChI=1S/C15H18N2O/c1-10-4-7-15(11(2)8-10)18-13-5-6-14(12(3)16)17-9-13/h4-9,12H,16H2,1-3H3. The molecule has 2 rings (SSSR count). The molecule has 0 radical (unpaired) electrons. The summed E-state index contributed by atoms with van der Waals surface area (Å²) in [5, 5.41) is 0. The second kappa shape index (κ2) is 5.19. The largest absolute Gasteiger partial charge is 0.455 e. The smallest absolute Gasteiger partial charge is 0.145 e. The molecule has 0 saturated carbocycles. The number of aryl methyl sites for hydroxylation is 2. The van der Waals surface area contributed by atoms with E-state index in [1.807, 2.05) is 38.1 Å². The van der Waals surface area contributed by atoms with Crippen LogP contribution >= 0.6 is 0 Å². The van der Waals surface area contributed by atoms with E-state index in [4.69, 9.17) is 10.5 Å². The normalized spacial score (nSPS) is 12.2. The summed E-state index contributed by atoms with van der Waals surface area (Å²) >= 11 is 0. The first kappa shape index (κ1) is 12.6. The van der Waals surface area contributed by atoms with E-state index in [1.165, 1.54) is 5.56 Å². The van der Waals surface area contributed by atoms with Crippen LogP contribution in [0.4, 0.5) is 0 Å². The zero-order chi connectivity index (χ0) is 13.1. The minimum Gasteiger partial charge on any atom is -0.455 e. The molecule has 0 amide bonds. The first-order valence-corrected chi connectivity index (χ1v) is 6.03. The van der Waals surface area contributed by atoms with Gasteiger partial charge in [0.25, 0.3) is 0 Å². The van der Waals surface area contributed by atoms with E-state index in [1.54, 1.807) is 6.20 Å². The van der Waals surface area contributed by atoms with Gasteiger partial charge in [-0.1, -0.05) is 17.7 Å². The molecule has 0 fully saturated rings. The van der Waals surface area contributed by atoms with Crippen LogP contribution in [0.5, 0.6) is 11.5 Å². The van der Waals surface area contributed by atoms with Crippen LogP contribution < -0.4 is 10.5 Å². The quantitative estimate of drug-likeness (QED) is 0.896. The Hall–Kier alpha value is -1.87. The van der Waals surface area contributed by atoms with Crippen LogP contribution in [0.3, 0.4) is 0 Å². The van der Waals surface area contributed by atoms with Crippen LogP contribution in [0.15, 0.2) is 36.5 Å². The Morgan fingerprint density at radius 2 is 1.94 bits per heavy atom. The van der Waals surface area contributed by atoms with Gasteiger partial charge in [-0.2, -0.15) is 0 Å². The third-order valence-corrected chi connectivity index (χ3v) is 2.78. The lowest BCUT2D eigenvalue weighted by Gasteiger charge is -2.10. The molecule has 0 bridgehead atoms. The fourth-order valence-corrected chi connectivity index (χ4v) is 1.76. The third-order valence-electron chi connectivity index (χ3n) is 2.78. The number of rotatable bonds is 3. The van der Waals surface area contributed by atoms with Crippen molar-refractivity contribution in [2.75, 3.05) is 0 Å². The lowest BCUT2D eigenvalue weighted by atomic mass is 10.1. The summed E-state index contributed by atoms with van der Waals surface area (Å²) in [5.41, 5.74) is 8.96. The van der Waals surface area contributed by atoms with Crippen molar-refractivity contribution in [2.24, 2.45) is 5.73 Å². The summed E-state index contributed by atoms with van der Waals surface area (Å²) in [7, 11) is 0. The summed E-state index contributed by atoms with van der Waals surface area (Å²) in [5.74, 6) is 1.59. The zero-order valence-corrected chi connectivity index (χ0v) is 11.0. The lowest BCUT2D eigenvalue weighted by molar-refractivity contribution is 0.475. The summed E-state index contributed by atoms with van der Waals surface area (Å²) in [6, 6.07) is 9.84. The van der Waals surface area contributed by atoms with Crippen molar-refractivity contribution < 1.29 is 4.74 Å². The maximum atomic E-state index is 5.80. The van der Waals surface area contributed by atoms with E-state index in [2.05, 4.69) is 18.0 Å². The molecule has 1 heterocycles. The minimum atomic E-state index is -0.0554. The van der Waals surface area contributed by atoms with Gasteiger partial charge in [-0.15, -0.1) is 0 Å². The second-order valence-corrected chi connectivity index (χ2v) is 4.58. The van der Waals surface area contributed by atoms with Gasteiger partial charge in [-0.3, -0.25) is 4.98 Å². The molecule has 0 spiro atoms. The van der Waals surface area contributed by atoms with Crippen LogP contribution in [-0.2, 0) is 0 Å². The lowest BCUT2D eigenvalue weighted by Crippen LogP contribution is -2.06. The number of nitrogens with two attached hydrogens (primary N) is 1. The minimum absolute atomic E-state index is 0.0554. The molecule has 18 heavy (non-hydrogen) atoms. The third kappa shape index (κ3) is 2.87. The van der Waals surface area contributed by atoms with Crippen LogP contribution in [0, 0.1) is 13.8 Å². The molecule has 3 nitrogen and oxygen atoms in total. The van der Waals surface area contributed by atoms with Crippen molar-refractivity contribution in [1.29, 1.82) is 0 Å². The molecule has 1 unspecified atom stereocenters. The summed E-state index contributed by atoms with van der Waals surface area (Å²) < 4.78 is 5.80. The molecular formula is C15H18N2O. The fraction of sp³-hybridized carbons (Fsp3) is 0.267. The average Bonchev–Trinajstić information content (AvgIpc) is 2.33. The van der Waals surface area contributed by atoms with Gasteiger partial charge in [-0.05, 0) is 44.5 Å². The molecule has 0 aliphatic rings. The predicted octanol–water partition coefficient (Wildman–Crippen LogP) is 3.51. The summed E-state index contributed by atoms with van der Waals surface area (Å²) in [6.07, 6.45) is 1.71. The highest BCUT2D eigenvalue weighted by Crippen LogP contribution is 2.25. The monoisotopic (exact) mass is 242 g/mol. The van der Waals surface area contributed by atoms with Crippen LogP contribution in [0.25, 0.3) is 0 Å². The molecule has 0 aliphatic carbocycles. The zero-order valence-electron chi connectivity index (χ0n) is 11.0. The Bertz CT molecular complexity index is 533. The molecular weight excluding hydrogens is 224 g/mol. The molecule has 1 aromatic heterocycles. The van der Waals surface area contributed by atoms with Crippen LogP contribution in [0.2, 0.25) is 0 Å². The van der Waals surface area contributed by atoms with Crippen molar-refractivity contribution in [1.82, 2.24) is 4.98 Å². The van der Waals surface area contributed by atoms with Crippen molar-refractivity contribution in [3.05, 3.63) is 53.3 Å². The van der Waals surface area contributed by atoms with Gasteiger partial charge in [-0.25, -0.2) is 0 Å². The molecule has 0 saturated heterocycles. The van der Waals surface area contributed by atoms with Crippen molar-refractivity contribution in [3.63, 3.8) is 0 Å². The van der Waals surface area contributed by atoms with E-state index in [-0.39, 0.29) is 6.04 Å². The maximum absolute atomic E-state index is 5.80. The SMILES string of the molecule is Cc1ccc(Oc2ccc(C(C)N)nc2)c(C)c1. The molecule has 2 N–H and O–H groups in total. The Morgan fingerprint density at radius 1 is 1.17 bits per heavy atom. The van der Waals surface area contributed by atoms with Gasteiger partial charge < -0.3 is 10.5 Å². The number of hydrogen-bond acceptors (Lipinski definition) is 3. The van der Waals surface area contributed by atoms with Gasteiger partial charge in [0.2, 0.25) is 0 Å². The number of nitrogens with zero attached hydrogens (tertiary/aromatic N) is 1. The molecule has 94 valence electrons. The first-order chi connectivity index (χ1) is 8.56. The number of ether oxygens (including phenoxy) is 1. The second-order valence-electron chi connectivity index (χ2n) is 4.58. The van der Waals surface area contributed by atoms with Gasteiger partial charge in [0.15, 0.2) is 0 Å². The molecule has 0 aliphatic heterocycles. The van der Waals surface area contributed by atoms with E-state index in [0.29, 0.717) is 0 Å². The number of pyridine rings is 1. The maximum Gasteiger partial charge on any atom is 0.145 e. The van der Waals surface area contributed by atoms with Gasteiger partial charge in [0.05, 0.1) is 11.9 Å². The Labute approximate surface area is 108 Å². The molecule has 1 atom stereocenters. The number of aromatic nitrogens is 1. The summed E-state index contributed by atoms with van der Waals surface area (Å²) in [6.45, 7) is 6.01. The van der Waals surface area contributed by atoms with Gasteiger partial charge >= 0.3 is 0 Å². The van der Waals surface area contributed by atoms with E-state index < -0.39 is 0 Å². The van der Waals surface area contributed by atoms with Crippen LogP contribution in [0.1, 0.15) is 29.8 Å². The van der Waals surface area contributed by atoms with E-state index >= 15 is 0 Å². The summed E-state index contributed by atoms with van der Waals surface area (Å²) in [4.78, 5) is 4.27. The van der Waals surface area contributed by atoms with E-state index in [9.17, 15) is 0 Å². The highest BCUT2D eigenvalue weighted by Gasteiger charge is 2.04. The van der Waals surface area contributed by atoms with Crippen molar-refractivity contribution in [2.45, 2.75) is 26.8 Å². The van der Waals surface area contributed by atoms with Crippen molar-refractivity contribution >= 4 is 0 Å². The van der Waals surface area contributed by atoms with Crippen LogP contribution in [-0.4, -0.2) is 4.98 Å². The Kier molecular flexibility index (Phi) is 3.63. The molecule has 3 heteroatoms. The van der Waals surface area contributed by atoms with Gasteiger partial charge in [0, 0.05) is 6.04 Å². The Balaban J connectivity index is 2.18. The van der Waals surface area contributed by atoms with Crippen molar-refractivity contribution in [3.8, 4) is 11.5 Å². The predicted molar refractivity (Wildman–Crippen MR) is 72.8 cm³/mol. The van der Waals surface area contributed by atoms with Gasteiger partial charge in [0.1, 0.15) is 11.5 Å². The van der Waals surface area contributed by atoms with E-state index in [0.717, 1.165) is 22.8 Å². The number of hydrogen-bond donors (Lipinski definition) is 1. The average molecular weight is 242 g/mol. The highest BCUT2D eigenvalue weighted by atomic mass is 16.5. The topological polar surface area (TPSA) is 48.1 Å². The first-order valence-electron chi connectivity index (χ1n) is 6.03. The number of benzene rings is 1. The molecule has 2 aromatic rings. The highest BCUT2D eigenvalue weighted by molar-refractivity contribution is 5.39. The molecule has 1 aromatic carbocycles. The fourth-order valence-electron chi connectivity index (χ4n) is 1.76.